The third kappa shape index (κ3) is 7.41. The van der Waals surface area contributed by atoms with Crippen molar-refractivity contribution >= 4 is 35.2 Å². The van der Waals surface area contributed by atoms with Crippen molar-refractivity contribution in [3.05, 3.63) is 69.8 Å². The monoisotopic (exact) mass is 568 g/mol. The van der Waals surface area contributed by atoms with Crippen molar-refractivity contribution in [1.29, 1.82) is 0 Å². The van der Waals surface area contributed by atoms with Crippen molar-refractivity contribution in [2.45, 2.75) is 67.2 Å². The van der Waals surface area contributed by atoms with Crippen LogP contribution < -0.4 is 0 Å². The second-order valence-electron chi connectivity index (χ2n) is 7.04. The summed E-state index contributed by atoms with van der Waals surface area (Å²) in [5.41, 5.74) is 9.09. The molecule has 0 radical (unpaired) electrons. The average molecular weight is 572 g/mol. The van der Waals surface area contributed by atoms with Crippen LogP contribution in [0.3, 0.4) is 0 Å². The van der Waals surface area contributed by atoms with Gasteiger partial charge in [0.1, 0.15) is 0 Å². The first-order valence-electron chi connectivity index (χ1n) is 9.73. The van der Waals surface area contributed by atoms with Gasteiger partial charge in [0.15, 0.2) is 0 Å². The second-order valence-corrected chi connectivity index (χ2v) is 18.4. The van der Waals surface area contributed by atoms with Gasteiger partial charge in [-0.3, -0.25) is 0 Å². The quantitative estimate of drug-likeness (QED) is 0.275. The van der Waals surface area contributed by atoms with E-state index in [0.29, 0.717) is 0 Å². The predicted octanol–water partition coefficient (Wildman–Crippen LogP) is 8.79. The summed E-state index contributed by atoms with van der Waals surface area (Å²) in [6.45, 7) is 13.4. The molecule has 27 heavy (non-hydrogen) atoms. The van der Waals surface area contributed by atoms with E-state index in [1.807, 2.05) is 0 Å². The fourth-order valence-corrected chi connectivity index (χ4v) is 3.57. The molecule has 0 bridgehead atoms. The molecule has 0 aromatic heterocycles. The van der Waals surface area contributed by atoms with Crippen LogP contribution >= 0.6 is 24.4 Å². The molecule has 0 aliphatic rings. The van der Waals surface area contributed by atoms with Gasteiger partial charge in [-0.25, -0.2) is 0 Å². The van der Waals surface area contributed by atoms with Crippen molar-refractivity contribution in [1.82, 2.24) is 0 Å². The minimum absolute atomic E-state index is 0.145. The number of halogens is 2. The summed E-state index contributed by atoms with van der Waals surface area (Å²) in [7, 11) is 0. The normalized spacial score (nSPS) is 9.93. The Morgan fingerprint density at radius 3 is 2.04 bits per heavy atom. The Morgan fingerprint density at radius 2 is 1.56 bits per heavy atom. The van der Waals surface area contributed by atoms with E-state index < -0.39 is 0 Å². The molecular formula is C24H32Br2Zr. The fraction of sp³-hybridized carbons (Fsp3) is 0.417. The van der Waals surface area contributed by atoms with E-state index >= 15 is 0 Å². The first kappa shape index (κ1) is 25.1. The zero-order chi connectivity index (χ0) is 20.4. The van der Waals surface area contributed by atoms with E-state index in [4.69, 9.17) is 0 Å². The summed E-state index contributed by atoms with van der Waals surface area (Å²) < 4.78 is 0. The molecule has 0 saturated heterocycles. The Hall–Kier alpha value is 0.0231. The third-order valence-electron chi connectivity index (χ3n) is 5.31. The Bertz CT molecular complexity index is 753. The molecule has 0 heterocycles. The van der Waals surface area contributed by atoms with Gasteiger partial charge in [-0.2, -0.15) is 33.9 Å². The molecule has 3 aromatic rings. The number of hydrogen-bond acceptors (Lipinski definition) is 0. The summed E-state index contributed by atoms with van der Waals surface area (Å²) in [6, 6.07) is 13.1. The number of rotatable bonds is 4. The summed E-state index contributed by atoms with van der Waals surface area (Å²) in [4.78, 5) is 0. The molecule has 3 rings (SSSR count). The molecule has 146 valence electrons. The minimum atomic E-state index is -0.145. The van der Waals surface area contributed by atoms with Crippen molar-refractivity contribution in [2.75, 3.05) is 0 Å². The molecule has 0 aliphatic heterocycles. The van der Waals surface area contributed by atoms with E-state index in [1.165, 1.54) is 64.3 Å². The van der Waals surface area contributed by atoms with Crippen LogP contribution in [-0.2, 0) is 31.4 Å². The van der Waals surface area contributed by atoms with Gasteiger partial charge >= 0.3 is 43.0 Å². The van der Waals surface area contributed by atoms with Gasteiger partial charge in [0.05, 0.1) is 0 Å². The molecule has 0 N–H and O–H groups in total. The Balaban J connectivity index is 0.000000236. The Labute approximate surface area is 189 Å². The van der Waals surface area contributed by atoms with E-state index in [1.54, 1.807) is 5.56 Å². The SMILES string of the molecule is CCCc1c(C)c(C)c(C)[c-]1C.CCCc1cc2ccccc2[cH-]1.[Br][Zr+2][Br]. The van der Waals surface area contributed by atoms with Gasteiger partial charge in [0.25, 0.3) is 0 Å². The molecule has 0 fully saturated rings. The first-order valence-corrected chi connectivity index (χ1v) is 21.0. The zero-order valence-electron chi connectivity index (χ0n) is 17.5. The van der Waals surface area contributed by atoms with E-state index in [2.05, 4.69) is 102 Å². The summed E-state index contributed by atoms with van der Waals surface area (Å²) in [5, 5.41) is 2.75. The summed E-state index contributed by atoms with van der Waals surface area (Å²) >= 11 is 6.32. The van der Waals surface area contributed by atoms with Gasteiger partial charge in [-0.15, -0.1) is 40.6 Å². The van der Waals surface area contributed by atoms with Crippen molar-refractivity contribution in [2.24, 2.45) is 0 Å². The zero-order valence-corrected chi connectivity index (χ0v) is 23.2. The molecule has 0 nitrogen and oxygen atoms in total. The number of hydrogen-bond donors (Lipinski definition) is 0. The number of aryl methyl sites for hydroxylation is 1. The summed E-state index contributed by atoms with van der Waals surface area (Å²) in [6.07, 6.45) is 4.93. The van der Waals surface area contributed by atoms with E-state index in [0.717, 1.165) is 0 Å². The van der Waals surface area contributed by atoms with Gasteiger partial charge in [0.2, 0.25) is 0 Å². The van der Waals surface area contributed by atoms with Crippen LogP contribution in [0, 0.1) is 27.7 Å². The maximum absolute atomic E-state index is 3.23. The maximum atomic E-state index is 3.23. The van der Waals surface area contributed by atoms with Crippen LogP contribution in [0.2, 0.25) is 0 Å². The Morgan fingerprint density at radius 1 is 0.963 bits per heavy atom. The Kier molecular flexibility index (Phi) is 12.3. The molecule has 0 atom stereocenters. The number of fused-ring (bicyclic) bond motifs is 1. The van der Waals surface area contributed by atoms with Crippen molar-refractivity contribution < 1.29 is 18.5 Å². The third-order valence-corrected chi connectivity index (χ3v) is 5.31. The van der Waals surface area contributed by atoms with Gasteiger partial charge in [-0.1, -0.05) is 66.9 Å². The van der Waals surface area contributed by atoms with Crippen LogP contribution in [-0.4, -0.2) is 0 Å². The molecular weight excluding hydrogens is 539 g/mol. The van der Waals surface area contributed by atoms with Crippen LogP contribution in [0.5, 0.6) is 0 Å². The van der Waals surface area contributed by atoms with Gasteiger partial charge < -0.3 is 0 Å². The van der Waals surface area contributed by atoms with Crippen molar-refractivity contribution in [3.63, 3.8) is 0 Å². The standard InChI is InChI=1S/C12H13.C12H19.2BrH.Zr/c1-2-5-10-8-11-6-3-4-7-12(11)9-10;1-6-7-12-10(4)8(2)9(3)11(12)5;;;/h3-4,6-9H,2,5H2,1H3;6-7H2,1-5H3;2*1H;/q2*-1;;;+4/p-2. The van der Waals surface area contributed by atoms with E-state index in [-0.39, 0.29) is 18.5 Å². The molecule has 0 unspecified atom stereocenters. The summed E-state index contributed by atoms with van der Waals surface area (Å²) in [5.74, 6) is 0. The number of benzene rings is 1. The molecule has 0 spiro atoms. The van der Waals surface area contributed by atoms with Crippen LogP contribution in [0.1, 0.15) is 60.1 Å². The van der Waals surface area contributed by atoms with E-state index in [9.17, 15) is 0 Å². The van der Waals surface area contributed by atoms with Crippen LogP contribution in [0.25, 0.3) is 10.8 Å². The van der Waals surface area contributed by atoms with Crippen LogP contribution in [0.4, 0.5) is 0 Å². The molecule has 0 saturated carbocycles. The second kappa shape index (κ2) is 13.3. The fourth-order valence-electron chi connectivity index (χ4n) is 3.57. The van der Waals surface area contributed by atoms with Gasteiger partial charge in [0, 0.05) is 0 Å². The molecule has 0 aliphatic carbocycles. The van der Waals surface area contributed by atoms with Crippen molar-refractivity contribution in [3.8, 4) is 0 Å². The topological polar surface area (TPSA) is 0 Å². The molecule has 3 aromatic carbocycles. The predicted molar refractivity (Wildman–Crippen MR) is 126 cm³/mol. The first-order chi connectivity index (χ1) is 12.9. The molecule has 0 amide bonds. The van der Waals surface area contributed by atoms with Crippen LogP contribution in [0.15, 0.2) is 36.4 Å². The van der Waals surface area contributed by atoms with Gasteiger partial charge in [-0.05, 0) is 6.42 Å². The average Bonchev–Trinajstić information content (AvgIpc) is 3.14. The molecule has 3 heteroatoms.